The van der Waals surface area contributed by atoms with Gasteiger partial charge in [-0.1, -0.05) is 47.3 Å². The van der Waals surface area contributed by atoms with Gasteiger partial charge < -0.3 is 0 Å². The lowest BCUT2D eigenvalue weighted by Crippen LogP contribution is -2.05. The lowest BCUT2D eigenvalue weighted by molar-refractivity contribution is 1.01. The molecule has 0 amide bonds. The highest BCUT2D eigenvalue weighted by molar-refractivity contribution is 7.59. The van der Waals surface area contributed by atoms with Crippen molar-refractivity contribution in [1.29, 1.82) is 0 Å². The average Bonchev–Trinajstić information content (AvgIpc) is 1.84. The molecule has 0 aromatic rings. The Bertz CT molecular complexity index is 133. The van der Waals surface area contributed by atoms with Crippen LogP contribution in [-0.2, 0) is 0 Å². The van der Waals surface area contributed by atoms with Crippen molar-refractivity contribution in [2.24, 2.45) is 0 Å². The molecular weight excluding hydrogens is 163 g/mol. The van der Waals surface area contributed by atoms with Crippen LogP contribution in [0.15, 0.2) is 11.6 Å². The smallest absolute Gasteiger partial charge is 0.0138 e. The third-order valence-corrected chi connectivity index (χ3v) is 5.29. The molecular formula is C11H23P. The summed E-state index contributed by atoms with van der Waals surface area (Å²) >= 11 is 0. The van der Waals surface area contributed by atoms with Crippen molar-refractivity contribution in [3.05, 3.63) is 11.6 Å². The molecule has 0 bridgehead atoms. The van der Waals surface area contributed by atoms with Gasteiger partial charge in [-0.3, -0.25) is 0 Å². The van der Waals surface area contributed by atoms with Crippen LogP contribution in [0.3, 0.4) is 0 Å². The van der Waals surface area contributed by atoms with Crippen LogP contribution in [0.25, 0.3) is 0 Å². The summed E-state index contributed by atoms with van der Waals surface area (Å²) in [6.07, 6.45) is 3.71. The van der Waals surface area contributed by atoms with E-state index in [0.29, 0.717) is 0 Å². The number of hydrogen-bond donors (Lipinski definition) is 0. The first-order valence-corrected chi connectivity index (χ1v) is 6.50. The minimum Gasteiger partial charge on any atom is -0.0976 e. The SMILES string of the molecule is CC(C)=CCP(C(C)C)C(C)C. The summed E-state index contributed by atoms with van der Waals surface area (Å²) in [4.78, 5) is 0. The highest BCUT2D eigenvalue weighted by Gasteiger charge is 2.14. The van der Waals surface area contributed by atoms with E-state index in [1.54, 1.807) is 0 Å². The van der Waals surface area contributed by atoms with Gasteiger partial charge in [0.2, 0.25) is 0 Å². The fourth-order valence-electron chi connectivity index (χ4n) is 1.31. The van der Waals surface area contributed by atoms with Crippen molar-refractivity contribution in [2.75, 3.05) is 6.16 Å². The van der Waals surface area contributed by atoms with Crippen LogP contribution in [0.2, 0.25) is 0 Å². The second kappa shape index (κ2) is 5.75. The first-order valence-electron chi connectivity index (χ1n) is 4.84. The second-order valence-electron chi connectivity index (χ2n) is 4.17. The van der Waals surface area contributed by atoms with E-state index in [-0.39, 0.29) is 7.92 Å². The fraction of sp³-hybridized carbons (Fsp3) is 0.818. The summed E-state index contributed by atoms with van der Waals surface area (Å²) < 4.78 is 0. The highest BCUT2D eigenvalue weighted by Crippen LogP contribution is 2.45. The van der Waals surface area contributed by atoms with Gasteiger partial charge in [0.15, 0.2) is 0 Å². The van der Waals surface area contributed by atoms with Gasteiger partial charge >= 0.3 is 0 Å². The quantitative estimate of drug-likeness (QED) is 0.455. The molecule has 0 unspecified atom stereocenters. The molecule has 0 aliphatic heterocycles. The third kappa shape index (κ3) is 4.93. The van der Waals surface area contributed by atoms with E-state index in [0.717, 1.165) is 11.3 Å². The molecule has 0 aliphatic rings. The zero-order chi connectivity index (χ0) is 9.72. The van der Waals surface area contributed by atoms with E-state index in [9.17, 15) is 0 Å². The molecule has 0 aliphatic carbocycles. The second-order valence-corrected chi connectivity index (χ2v) is 7.62. The molecule has 0 aromatic heterocycles. The highest BCUT2D eigenvalue weighted by atomic mass is 31.1. The predicted octanol–water partition coefficient (Wildman–Crippen LogP) is 4.25. The minimum absolute atomic E-state index is 0.212. The maximum Gasteiger partial charge on any atom is -0.0138 e. The van der Waals surface area contributed by atoms with E-state index in [1.165, 1.54) is 11.7 Å². The molecule has 0 nitrogen and oxygen atoms in total. The van der Waals surface area contributed by atoms with E-state index in [2.05, 4.69) is 47.6 Å². The first kappa shape index (κ1) is 12.2. The van der Waals surface area contributed by atoms with Gasteiger partial charge in [0.25, 0.3) is 0 Å². The van der Waals surface area contributed by atoms with Crippen molar-refractivity contribution in [1.82, 2.24) is 0 Å². The van der Waals surface area contributed by atoms with E-state index < -0.39 is 0 Å². The Balaban J connectivity index is 4.06. The van der Waals surface area contributed by atoms with Crippen LogP contribution in [0.4, 0.5) is 0 Å². The molecule has 0 rings (SSSR count). The number of rotatable bonds is 4. The zero-order valence-corrected chi connectivity index (χ0v) is 10.3. The largest absolute Gasteiger partial charge is 0.0976 e. The molecule has 0 heterocycles. The number of hydrogen-bond acceptors (Lipinski definition) is 0. The Labute approximate surface area is 79.2 Å². The summed E-state index contributed by atoms with van der Waals surface area (Å²) in [6, 6.07) is 0. The summed E-state index contributed by atoms with van der Waals surface area (Å²) in [6.45, 7) is 13.8. The van der Waals surface area contributed by atoms with E-state index in [1.807, 2.05) is 0 Å². The Morgan fingerprint density at radius 3 is 1.75 bits per heavy atom. The summed E-state index contributed by atoms with van der Waals surface area (Å²) in [5.74, 6) is 0. The van der Waals surface area contributed by atoms with Crippen LogP contribution in [0.5, 0.6) is 0 Å². The van der Waals surface area contributed by atoms with Crippen LogP contribution in [0, 0.1) is 0 Å². The van der Waals surface area contributed by atoms with Crippen LogP contribution < -0.4 is 0 Å². The Morgan fingerprint density at radius 2 is 1.50 bits per heavy atom. The van der Waals surface area contributed by atoms with Crippen molar-refractivity contribution in [3.63, 3.8) is 0 Å². The molecule has 72 valence electrons. The van der Waals surface area contributed by atoms with Gasteiger partial charge in [-0.25, -0.2) is 0 Å². The zero-order valence-electron chi connectivity index (χ0n) is 9.39. The lowest BCUT2D eigenvalue weighted by atomic mass is 10.3. The molecule has 0 saturated carbocycles. The molecule has 0 aromatic carbocycles. The molecule has 0 atom stereocenters. The van der Waals surface area contributed by atoms with Gasteiger partial charge in [0.1, 0.15) is 0 Å². The predicted molar refractivity (Wildman–Crippen MR) is 61.5 cm³/mol. The summed E-state index contributed by atoms with van der Waals surface area (Å²) in [5, 5.41) is 0. The van der Waals surface area contributed by atoms with Gasteiger partial charge in [-0.05, 0) is 31.3 Å². The van der Waals surface area contributed by atoms with Crippen LogP contribution in [-0.4, -0.2) is 17.5 Å². The molecule has 0 saturated heterocycles. The van der Waals surface area contributed by atoms with Gasteiger partial charge in [-0.15, -0.1) is 0 Å². The monoisotopic (exact) mass is 186 g/mol. The standard InChI is InChI=1S/C11H23P/c1-9(2)7-8-12(10(3)4)11(5)6/h7,10-11H,8H2,1-6H3. The average molecular weight is 186 g/mol. The van der Waals surface area contributed by atoms with E-state index >= 15 is 0 Å². The summed E-state index contributed by atoms with van der Waals surface area (Å²) in [7, 11) is 0.212. The molecule has 0 spiro atoms. The molecule has 0 radical (unpaired) electrons. The first-order chi connectivity index (χ1) is 5.45. The number of allylic oxidation sites excluding steroid dienone is 2. The maximum atomic E-state index is 2.39. The Kier molecular flexibility index (Phi) is 5.84. The lowest BCUT2D eigenvalue weighted by Gasteiger charge is -2.24. The third-order valence-electron chi connectivity index (χ3n) is 2.04. The Hall–Kier alpha value is 0.170. The summed E-state index contributed by atoms with van der Waals surface area (Å²) in [5.41, 5.74) is 3.20. The van der Waals surface area contributed by atoms with Crippen molar-refractivity contribution >= 4 is 7.92 Å². The van der Waals surface area contributed by atoms with Crippen molar-refractivity contribution in [3.8, 4) is 0 Å². The van der Waals surface area contributed by atoms with Gasteiger partial charge in [0.05, 0.1) is 0 Å². The van der Waals surface area contributed by atoms with Crippen molar-refractivity contribution < 1.29 is 0 Å². The van der Waals surface area contributed by atoms with Gasteiger partial charge in [-0.2, -0.15) is 0 Å². The molecule has 0 N–H and O–H groups in total. The molecule has 1 heteroatoms. The van der Waals surface area contributed by atoms with Crippen LogP contribution in [0.1, 0.15) is 41.5 Å². The molecule has 12 heavy (non-hydrogen) atoms. The Morgan fingerprint density at radius 1 is 1.08 bits per heavy atom. The maximum absolute atomic E-state index is 2.39. The normalized spacial score (nSPS) is 11.4. The topological polar surface area (TPSA) is 0 Å². The molecule has 0 fully saturated rings. The fourth-order valence-corrected chi connectivity index (χ4v) is 3.92. The van der Waals surface area contributed by atoms with Crippen molar-refractivity contribution in [2.45, 2.75) is 52.9 Å². The minimum atomic E-state index is 0.212. The van der Waals surface area contributed by atoms with Gasteiger partial charge in [0, 0.05) is 0 Å². The van der Waals surface area contributed by atoms with Crippen LogP contribution >= 0.6 is 7.92 Å². The van der Waals surface area contributed by atoms with E-state index in [4.69, 9.17) is 0 Å².